The molecular weight excluding hydrogens is 411 g/mol. The number of amides is 3. The van der Waals surface area contributed by atoms with Gasteiger partial charge >= 0.3 is 6.03 Å². The molecule has 0 radical (unpaired) electrons. The summed E-state index contributed by atoms with van der Waals surface area (Å²) in [7, 11) is 0. The molecule has 2 fully saturated rings. The van der Waals surface area contributed by atoms with Gasteiger partial charge in [-0.15, -0.1) is 0 Å². The van der Waals surface area contributed by atoms with Gasteiger partial charge < -0.3 is 20.0 Å². The Morgan fingerprint density at radius 1 is 0.931 bits per heavy atom. The minimum Gasteiger partial charge on any atom is -0.368 e. The molecule has 0 aliphatic carbocycles. The number of nitrogens with one attached hydrogen (secondary N) is 1. The molecule has 0 aromatic heterocycles. The summed E-state index contributed by atoms with van der Waals surface area (Å²) in [5.74, 6) is 0.00315. The van der Waals surface area contributed by atoms with Crippen LogP contribution in [0.2, 0.25) is 10.0 Å². The number of hydrogen-bond donors (Lipinski definition) is 1. The highest BCUT2D eigenvalue weighted by Gasteiger charge is 2.33. The van der Waals surface area contributed by atoms with Crippen molar-refractivity contribution in [3.63, 3.8) is 0 Å². The maximum absolute atomic E-state index is 12.7. The van der Waals surface area contributed by atoms with Gasteiger partial charge in [-0.05, 0) is 42.5 Å². The average Bonchev–Trinajstić information content (AvgIpc) is 3.08. The van der Waals surface area contributed by atoms with E-state index >= 15 is 0 Å². The van der Waals surface area contributed by atoms with Crippen molar-refractivity contribution in [2.24, 2.45) is 0 Å². The first-order valence-corrected chi connectivity index (χ1v) is 10.4. The third-order valence-electron chi connectivity index (χ3n) is 5.33. The van der Waals surface area contributed by atoms with Crippen molar-refractivity contribution in [3.8, 4) is 0 Å². The second-order valence-electron chi connectivity index (χ2n) is 7.29. The smallest absolute Gasteiger partial charge is 0.317 e. The van der Waals surface area contributed by atoms with Crippen molar-refractivity contribution in [2.75, 3.05) is 42.5 Å². The zero-order valence-corrected chi connectivity index (χ0v) is 17.4. The van der Waals surface area contributed by atoms with Crippen LogP contribution in [0.5, 0.6) is 0 Å². The molecular formula is C21H22Cl2N4O2. The van der Waals surface area contributed by atoms with E-state index in [9.17, 15) is 9.59 Å². The van der Waals surface area contributed by atoms with Crippen LogP contribution < -0.4 is 15.1 Å². The molecule has 2 heterocycles. The Bertz CT molecular complexity index is 898. The van der Waals surface area contributed by atoms with E-state index in [0.29, 0.717) is 36.1 Å². The minimum atomic E-state index is -0.198. The molecule has 2 aromatic carbocycles. The maximum Gasteiger partial charge on any atom is 0.317 e. The summed E-state index contributed by atoms with van der Waals surface area (Å²) < 4.78 is 0. The fraction of sp³-hybridized carbons (Fsp3) is 0.333. The van der Waals surface area contributed by atoms with Gasteiger partial charge in [-0.2, -0.15) is 0 Å². The number of anilines is 2. The lowest BCUT2D eigenvalue weighted by molar-refractivity contribution is -0.117. The Kier molecular flexibility index (Phi) is 5.83. The van der Waals surface area contributed by atoms with Gasteiger partial charge in [-0.3, -0.25) is 4.79 Å². The first kappa shape index (κ1) is 19.9. The summed E-state index contributed by atoms with van der Waals surface area (Å²) in [6, 6.07) is 14.6. The molecule has 3 amide bonds. The maximum atomic E-state index is 12.7. The SMILES string of the molecule is O=C(NC1CC(=O)N(c2ccc(Cl)cc2)C1)N1CCN(c2cccc(Cl)c2)CC1. The Balaban J connectivity index is 1.30. The molecule has 0 spiro atoms. The zero-order chi connectivity index (χ0) is 20.4. The number of carbonyl (C=O) groups excluding carboxylic acids is 2. The summed E-state index contributed by atoms with van der Waals surface area (Å²) in [6.45, 7) is 3.21. The van der Waals surface area contributed by atoms with E-state index in [2.05, 4.69) is 10.2 Å². The van der Waals surface area contributed by atoms with E-state index in [4.69, 9.17) is 23.2 Å². The molecule has 4 rings (SSSR count). The number of piperazine rings is 1. The van der Waals surface area contributed by atoms with Crippen molar-refractivity contribution in [2.45, 2.75) is 12.5 Å². The van der Waals surface area contributed by atoms with Gasteiger partial charge in [0.15, 0.2) is 0 Å². The van der Waals surface area contributed by atoms with Crippen LogP contribution in [0.25, 0.3) is 0 Å². The molecule has 2 aliphatic heterocycles. The normalized spacial score (nSPS) is 19.6. The lowest BCUT2D eigenvalue weighted by atomic mass is 10.2. The van der Waals surface area contributed by atoms with Crippen molar-refractivity contribution in [1.82, 2.24) is 10.2 Å². The summed E-state index contributed by atoms with van der Waals surface area (Å²) in [5, 5.41) is 4.35. The van der Waals surface area contributed by atoms with Crippen LogP contribution >= 0.6 is 23.2 Å². The molecule has 29 heavy (non-hydrogen) atoms. The van der Waals surface area contributed by atoms with Crippen LogP contribution in [0.1, 0.15) is 6.42 Å². The molecule has 2 aromatic rings. The highest BCUT2D eigenvalue weighted by Crippen LogP contribution is 2.24. The fourth-order valence-corrected chi connectivity index (χ4v) is 4.09. The standard InChI is InChI=1S/C21H22Cl2N4O2/c22-15-4-6-18(7-5-15)27-14-17(13-20(27)28)24-21(29)26-10-8-25(9-11-26)19-3-1-2-16(23)12-19/h1-7,12,17H,8-11,13-14H2,(H,24,29). The Morgan fingerprint density at radius 3 is 2.34 bits per heavy atom. The minimum absolute atomic E-state index is 0.00315. The largest absolute Gasteiger partial charge is 0.368 e. The first-order chi connectivity index (χ1) is 14.0. The first-order valence-electron chi connectivity index (χ1n) is 9.61. The van der Waals surface area contributed by atoms with Gasteiger partial charge in [0.25, 0.3) is 0 Å². The predicted molar refractivity (Wildman–Crippen MR) is 116 cm³/mol. The number of rotatable bonds is 3. The monoisotopic (exact) mass is 432 g/mol. The quantitative estimate of drug-likeness (QED) is 0.805. The van der Waals surface area contributed by atoms with Crippen molar-refractivity contribution >= 4 is 46.5 Å². The highest BCUT2D eigenvalue weighted by atomic mass is 35.5. The molecule has 6 nitrogen and oxygen atoms in total. The predicted octanol–water partition coefficient (Wildman–Crippen LogP) is 3.63. The van der Waals surface area contributed by atoms with Crippen molar-refractivity contribution < 1.29 is 9.59 Å². The van der Waals surface area contributed by atoms with Gasteiger partial charge in [-0.1, -0.05) is 29.3 Å². The molecule has 8 heteroatoms. The number of hydrogen-bond acceptors (Lipinski definition) is 3. The molecule has 1 atom stereocenters. The van der Waals surface area contributed by atoms with Crippen LogP contribution in [0, 0.1) is 0 Å². The number of carbonyl (C=O) groups is 2. The number of urea groups is 1. The van der Waals surface area contributed by atoms with Crippen LogP contribution in [-0.2, 0) is 4.79 Å². The van der Waals surface area contributed by atoms with E-state index in [0.717, 1.165) is 24.5 Å². The third kappa shape index (κ3) is 4.60. The number of halogens is 2. The van der Waals surface area contributed by atoms with Crippen molar-refractivity contribution in [1.29, 1.82) is 0 Å². The van der Waals surface area contributed by atoms with E-state index in [1.54, 1.807) is 21.9 Å². The molecule has 1 N–H and O–H groups in total. The van der Waals surface area contributed by atoms with E-state index < -0.39 is 0 Å². The second kappa shape index (κ2) is 8.51. The summed E-state index contributed by atoms with van der Waals surface area (Å²) in [4.78, 5) is 30.8. The molecule has 152 valence electrons. The van der Waals surface area contributed by atoms with Crippen LogP contribution in [0.15, 0.2) is 48.5 Å². The Labute approximate surface area is 180 Å². The van der Waals surface area contributed by atoms with Crippen molar-refractivity contribution in [3.05, 3.63) is 58.6 Å². The Hall–Kier alpha value is -2.44. The lowest BCUT2D eigenvalue weighted by Crippen LogP contribution is -2.53. The van der Waals surface area contributed by atoms with Gasteiger partial charge in [0.1, 0.15) is 0 Å². The second-order valence-corrected chi connectivity index (χ2v) is 8.16. The van der Waals surface area contributed by atoms with Crippen LogP contribution in [-0.4, -0.2) is 55.6 Å². The molecule has 1 unspecified atom stereocenters. The van der Waals surface area contributed by atoms with E-state index in [1.807, 2.05) is 36.4 Å². The lowest BCUT2D eigenvalue weighted by Gasteiger charge is -2.36. The van der Waals surface area contributed by atoms with E-state index in [1.165, 1.54) is 0 Å². The van der Waals surface area contributed by atoms with Gasteiger partial charge in [-0.25, -0.2) is 4.79 Å². The molecule has 2 saturated heterocycles. The number of benzene rings is 2. The average molecular weight is 433 g/mol. The van der Waals surface area contributed by atoms with Gasteiger partial charge in [0.2, 0.25) is 5.91 Å². The zero-order valence-electron chi connectivity index (χ0n) is 15.9. The highest BCUT2D eigenvalue weighted by molar-refractivity contribution is 6.31. The third-order valence-corrected chi connectivity index (χ3v) is 5.82. The summed E-state index contributed by atoms with van der Waals surface area (Å²) in [5.41, 5.74) is 1.86. The molecule has 0 bridgehead atoms. The molecule has 0 saturated carbocycles. The topological polar surface area (TPSA) is 55.9 Å². The number of nitrogens with zero attached hydrogens (tertiary/aromatic N) is 3. The van der Waals surface area contributed by atoms with Gasteiger partial charge in [0.05, 0.1) is 6.04 Å². The van der Waals surface area contributed by atoms with Crippen LogP contribution in [0.3, 0.4) is 0 Å². The van der Waals surface area contributed by atoms with Crippen LogP contribution in [0.4, 0.5) is 16.2 Å². The summed E-state index contributed by atoms with van der Waals surface area (Å²) >= 11 is 12.0. The summed E-state index contributed by atoms with van der Waals surface area (Å²) in [6.07, 6.45) is 0.302. The fourth-order valence-electron chi connectivity index (χ4n) is 3.78. The van der Waals surface area contributed by atoms with Gasteiger partial charge in [0, 0.05) is 60.6 Å². The Morgan fingerprint density at radius 2 is 1.66 bits per heavy atom. The molecule has 2 aliphatic rings. The van der Waals surface area contributed by atoms with E-state index in [-0.39, 0.29) is 18.0 Å².